The summed E-state index contributed by atoms with van der Waals surface area (Å²) >= 11 is 0. The van der Waals surface area contributed by atoms with Gasteiger partial charge in [0, 0.05) is 26.2 Å². The van der Waals surface area contributed by atoms with E-state index in [0.29, 0.717) is 26.2 Å². The minimum absolute atomic E-state index is 0.00651. The molecule has 1 aliphatic heterocycles. The first-order chi connectivity index (χ1) is 8.60. The largest absolute Gasteiger partial charge is 0.453 e. The van der Waals surface area contributed by atoms with Crippen LogP contribution in [-0.2, 0) is 9.53 Å². The number of hydrogen-bond donors (Lipinski definition) is 1. The van der Waals surface area contributed by atoms with E-state index in [9.17, 15) is 9.59 Å². The average Bonchev–Trinajstić information content (AvgIpc) is 2.43. The van der Waals surface area contributed by atoms with Crippen LogP contribution in [0.1, 0.15) is 26.2 Å². The Balaban J connectivity index is 2.37. The minimum atomic E-state index is -0.408. The van der Waals surface area contributed by atoms with Gasteiger partial charge in [-0.15, -0.1) is 0 Å². The molecular formula is C12H23N3O3. The Hall–Kier alpha value is -1.30. The predicted molar refractivity (Wildman–Crippen MR) is 68.1 cm³/mol. The molecule has 1 fully saturated rings. The van der Waals surface area contributed by atoms with E-state index in [2.05, 4.69) is 11.7 Å². The molecular weight excluding hydrogens is 234 g/mol. The summed E-state index contributed by atoms with van der Waals surface area (Å²) in [6, 6.07) is -0.408. The first kappa shape index (κ1) is 14.8. The molecule has 2 N–H and O–H groups in total. The third-order valence-electron chi connectivity index (χ3n) is 3.21. The van der Waals surface area contributed by atoms with Crippen molar-refractivity contribution in [3.63, 3.8) is 0 Å². The molecule has 6 nitrogen and oxygen atoms in total. The van der Waals surface area contributed by atoms with Crippen molar-refractivity contribution in [2.75, 3.05) is 33.3 Å². The number of hydrogen-bond acceptors (Lipinski definition) is 4. The summed E-state index contributed by atoms with van der Waals surface area (Å²) in [6.07, 6.45) is 2.40. The van der Waals surface area contributed by atoms with Crippen molar-refractivity contribution in [1.82, 2.24) is 9.80 Å². The monoisotopic (exact) mass is 257 g/mol. The lowest BCUT2D eigenvalue weighted by atomic mass is 10.1. The molecule has 0 bridgehead atoms. The highest BCUT2D eigenvalue weighted by Gasteiger charge is 2.27. The normalized spacial score (nSPS) is 17.5. The third-order valence-corrected chi connectivity index (χ3v) is 3.21. The Morgan fingerprint density at radius 2 is 1.78 bits per heavy atom. The second kappa shape index (κ2) is 7.20. The van der Waals surface area contributed by atoms with Crippen molar-refractivity contribution in [2.45, 2.75) is 32.2 Å². The van der Waals surface area contributed by atoms with E-state index in [1.54, 1.807) is 9.80 Å². The van der Waals surface area contributed by atoms with Crippen LogP contribution >= 0.6 is 0 Å². The van der Waals surface area contributed by atoms with Gasteiger partial charge in [-0.05, 0) is 6.42 Å². The zero-order chi connectivity index (χ0) is 13.5. The van der Waals surface area contributed by atoms with Crippen LogP contribution in [0.5, 0.6) is 0 Å². The molecule has 1 heterocycles. The second-order valence-electron chi connectivity index (χ2n) is 4.53. The van der Waals surface area contributed by atoms with Crippen LogP contribution in [-0.4, -0.2) is 61.1 Å². The Kier molecular flexibility index (Phi) is 5.91. The summed E-state index contributed by atoms with van der Waals surface area (Å²) in [4.78, 5) is 26.6. The van der Waals surface area contributed by atoms with Crippen LogP contribution < -0.4 is 5.73 Å². The minimum Gasteiger partial charge on any atom is -0.453 e. The lowest BCUT2D eigenvalue weighted by Crippen LogP contribution is -2.54. The Labute approximate surface area is 108 Å². The molecule has 6 heteroatoms. The number of methoxy groups -OCH3 is 1. The number of carbonyl (C=O) groups is 2. The van der Waals surface area contributed by atoms with Crippen molar-refractivity contribution in [1.29, 1.82) is 0 Å². The van der Waals surface area contributed by atoms with E-state index < -0.39 is 6.04 Å². The molecule has 0 aromatic heterocycles. The highest BCUT2D eigenvalue weighted by Crippen LogP contribution is 2.07. The summed E-state index contributed by atoms with van der Waals surface area (Å²) in [6.45, 7) is 4.17. The van der Waals surface area contributed by atoms with Gasteiger partial charge in [0.1, 0.15) is 0 Å². The molecule has 1 atom stereocenters. The summed E-state index contributed by atoms with van der Waals surface area (Å²) in [5.41, 5.74) is 5.86. The van der Waals surface area contributed by atoms with Gasteiger partial charge in [-0.1, -0.05) is 19.8 Å². The molecule has 18 heavy (non-hydrogen) atoms. The number of rotatable bonds is 4. The van der Waals surface area contributed by atoms with Crippen molar-refractivity contribution in [3.05, 3.63) is 0 Å². The topological polar surface area (TPSA) is 75.9 Å². The fraction of sp³-hybridized carbons (Fsp3) is 0.833. The van der Waals surface area contributed by atoms with Crippen molar-refractivity contribution >= 4 is 12.0 Å². The fourth-order valence-corrected chi connectivity index (χ4v) is 2.02. The summed E-state index contributed by atoms with van der Waals surface area (Å²) < 4.78 is 4.64. The van der Waals surface area contributed by atoms with Crippen LogP contribution in [0.3, 0.4) is 0 Å². The zero-order valence-corrected chi connectivity index (χ0v) is 11.2. The van der Waals surface area contributed by atoms with Crippen molar-refractivity contribution in [3.8, 4) is 0 Å². The van der Waals surface area contributed by atoms with Crippen LogP contribution in [0.2, 0.25) is 0 Å². The van der Waals surface area contributed by atoms with Crippen LogP contribution in [0.15, 0.2) is 0 Å². The standard InChI is InChI=1S/C12H23N3O3/c1-3-4-5-10(13)11(16)14-6-8-15(9-7-14)12(17)18-2/h10H,3-9,13H2,1-2H3/t10-/m0/s1. The molecule has 0 saturated carbocycles. The fourth-order valence-electron chi connectivity index (χ4n) is 2.02. The van der Waals surface area contributed by atoms with Gasteiger partial charge in [0.25, 0.3) is 0 Å². The lowest BCUT2D eigenvalue weighted by molar-refractivity contribution is -0.134. The first-order valence-electron chi connectivity index (χ1n) is 6.47. The second-order valence-corrected chi connectivity index (χ2v) is 4.53. The third kappa shape index (κ3) is 3.87. The van der Waals surface area contributed by atoms with E-state index in [1.165, 1.54) is 7.11 Å². The number of carbonyl (C=O) groups excluding carboxylic acids is 2. The number of piperazine rings is 1. The quantitative estimate of drug-likeness (QED) is 0.791. The van der Waals surface area contributed by atoms with Gasteiger partial charge in [-0.25, -0.2) is 4.79 Å². The zero-order valence-electron chi connectivity index (χ0n) is 11.2. The summed E-state index contributed by atoms with van der Waals surface area (Å²) in [5, 5.41) is 0. The molecule has 1 aliphatic rings. The average molecular weight is 257 g/mol. The smallest absolute Gasteiger partial charge is 0.409 e. The van der Waals surface area contributed by atoms with Gasteiger partial charge in [0.05, 0.1) is 13.2 Å². The van der Waals surface area contributed by atoms with E-state index in [1.807, 2.05) is 0 Å². The molecule has 1 rings (SSSR count). The maximum Gasteiger partial charge on any atom is 0.409 e. The highest BCUT2D eigenvalue weighted by molar-refractivity contribution is 5.82. The number of nitrogens with two attached hydrogens (primary N) is 1. The van der Waals surface area contributed by atoms with Crippen molar-refractivity contribution < 1.29 is 14.3 Å². The van der Waals surface area contributed by atoms with E-state index in [-0.39, 0.29) is 12.0 Å². The Bertz CT molecular complexity index is 288. The SMILES string of the molecule is CCCC[C@H](N)C(=O)N1CCN(C(=O)OC)CC1. The van der Waals surface area contributed by atoms with Crippen molar-refractivity contribution in [2.24, 2.45) is 5.73 Å². The molecule has 0 aliphatic carbocycles. The predicted octanol–water partition coefficient (Wildman–Crippen LogP) is 0.415. The Morgan fingerprint density at radius 3 is 2.28 bits per heavy atom. The molecule has 0 aromatic carbocycles. The molecule has 104 valence electrons. The van der Waals surface area contributed by atoms with Crippen LogP contribution in [0.25, 0.3) is 0 Å². The number of nitrogens with zero attached hydrogens (tertiary/aromatic N) is 2. The highest BCUT2D eigenvalue weighted by atomic mass is 16.5. The summed E-state index contributed by atoms with van der Waals surface area (Å²) in [7, 11) is 1.36. The molecule has 0 aromatic rings. The number of unbranched alkanes of at least 4 members (excludes halogenated alkanes) is 1. The van der Waals surface area contributed by atoms with Crippen LogP contribution in [0, 0.1) is 0 Å². The van der Waals surface area contributed by atoms with Crippen LogP contribution in [0.4, 0.5) is 4.79 Å². The van der Waals surface area contributed by atoms with E-state index in [4.69, 9.17) is 5.73 Å². The van der Waals surface area contributed by atoms with Gasteiger partial charge in [0.15, 0.2) is 0 Å². The maximum atomic E-state index is 12.0. The van der Waals surface area contributed by atoms with E-state index >= 15 is 0 Å². The Morgan fingerprint density at radius 1 is 1.22 bits per heavy atom. The van der Waals surface area contributed by atoms with Gasteiger partial charge in [-0.3, -0.25) is 4.79 Å². The lowest BCUT2D eigenvalue weighted by Gasteiger charge is -2.35. The molecule has 1 saturated heterocycles. The number of ether oxygens (including phenoxy) is 1. The van der Waals surface area contributed by atoms with Gasteiger partial charge in [-0.2, -0.15) is 0 Å². The number of amides is 2. The summed E-state index contributed by atoms with van der Waals surface area (Å²) in [5.74, 6) is -0.00651. The molecule has 2 amide bonds. The van der Waals surface area contributed by atoms with Gasteiger partial charge >= 0.3 is 6.09 Å². The van der Waals surface area contributed by atoms with E-state index in [0.717, 1.165) is 19.3 Å². The maximum absolute atomic E-state index is 12.0. The molecule has 0 spiro atoms. The molecule has 0 unspecified atom stereocenters. The van der Waals surface area contributed by atoms with Gasteiger partial charge in [0.2, 0.25) is 5.91 Å². The molecule has 0 radical (unpaired) electrons. The van der Waals surface area contributed by atoms with Gasteiger partial charge < -0.3 is 20.3 Å². The first-order valence-corrected chi connectivity index (χ1v) is 6.47.